The topological polar surface area (TPSA) is 47.9 Å². The standard InChI is InChI=1S/C16H16FN3S/c1-10-11(3-2-4-14(10)17)8-20-16-13(7-18)12-5-6-19-9-15(12)21-16/h2-4,19-20H,5-6,8-9H2,1H3. The van der Waals surface area contributed by atoms with Gasteiger partial charge in [0.2, 0.25) is 0 Å². The van der Waals surface area contributed by atoms with Crippen LogP contribution in [0.3, 0.4) is 0 Å². The molecule has 2 heterocycles. The predicted molar refractivity (Wildman–Crippen MR) is 82.9 cm³/mol. The summed E-state index contributed by atoms with van der Waals surface area (Å²) in [6, 6.07) is 7.40. The van der Waals surface area contributed by atoms with Gasteiger partial charge in [0.25, 0.3) is 0 Å². The number of thiophene rings is 1. The predicted octanol–water partition coefficient (Wildman–Crippen LogP) is 3.33. The van der Waals surface area contributed by atoms with Crippen LogP contribution in [0.15, 0.2) is 18.2 Å². The molecule has 1 aromatic carbocycles. The SMILES string of the molecule is Cc1c(F)cccc1CNc1sc2c(c1C#N)CCNC2. The van der Waals surface area contributed by atoms with E-state index in [9.17, 15) is 9.65 Å². The molecule has 0 saturated heterocycles. The Morgan fingerprint density at radius 3 is 3.14 bits per heavy atom. The first-order valence-corrected chi connectivity index (χ1v) is 7.75. The van der Waals surface area contributed by atoms with Gasteiger partial charge in [-0.2, -0.15) is 5.26 Å². The molecule has 108 valence electrons. The van der Waals surface area contributed by atoms with Crippen LogP contribution >= 0.6 is 11.3 Å². The number of rotatable bonds is 3. The summed E-state index contributed by atoms with van der Waals surface area (Å²) in [7, 11) is 0. The highest BCUT2D eigenvalue weighted by molar-refractivity contribution is 7.16. The smallest absolute Gasteiger partial charge is 0.126 e. The highest BCUT2D eigenvalue weighted by Gasteiger charge is 2.20. The van der Waals surface area contributed by atoms with E-state index >= 15 is 0 Å². The summed E-state index contributed by atoms with van der Waals surface area (Å²) in [4.78, 5) is 1.23. The fourth-order valence-corrected chi connectivity index (χ4v) is 3.76. The largest absolute Gasteiger partial charge is 0.372 e. The number of nitrogens with one attached hydrogen (secondary N) is 2. The highest BCUT2D eigenvalue weighted by atomic mass is 32.1. The summed E-state index contributed by atoms with van der Waals surface area (Å²) in [5.41, 5.74) is 3.50. The molecule has 1 aliphatic heterocycles. The van der Waals surface area contributed by atoms with Crippen molar-refractivity contribution in [2.45, 2.75) is 26.4 Å². The van der Waals surface area contributed by atoms with Gasteiger partial charge in [-0.3, -0.25) is 0 Å². The average Bonchev–Trinajstić information content (AvgIpc) is 2.86. The molecule has 0 bridgehead atoms. The molecule has 0 atom stereocenters. The molecule has 0 spiro atoms. The summed E-state index contributed by atoms with van der Waals surface area (Å²) in [6.07, 6.45) is 0.898. The second kappa shape index (κ2) is 5.84. The second-order valence-electron chi connectivity index (χ2n) is 5.12. The van der Waals surface area contributed by atoms with Gasteiger partial charge in [0.1, 0.15) is 16.9 Å². The molecular formula is C16H16FN3S. The van der Waals surface area contributed by atoms with Crippen LogP contribution in [0.25, 0.3) is 0 Å². The molecule has 0 saturated carbocycles. The second-order valence-corrected chi connectivity index (χ2v) is 6.23. The van der Waals surface area contributed by atoms with Crippen LogP contribution in [-0.4, -0.2) is 6.54 Å². The summed E-state index contributed by atoms with van der Waals surface area (Å²) in [6.45, 7) is 4.06. The Balaban J connectivity index is 1.84. The molecule has 1 aliphatic rings. The maximum absolute atomic E-state index is 13.6. The Kier molecular flexibility index (Phi) is 3.91. The molecule has 21 heavy (non-hydrogen) atoms. The highest BCUT2D eigenvalue weighted by Crippen LogP contribution is 2.35. The van der Waals surface area contributed by atoms with Crippen LogP contribution in [0.2, 0.25) is 0 Å². The minimum atomic E-state index is -0.190. The Hall–Kier alpha value is -1.90. The van der Waals surface area contributed by atoms with E-state index in [0.29, 0.717) is 12.1 Å². The van der Waals surface area contributed by atoms with Crippen molar-refractivity contribution in [2.75, 3.05) is 11.9 Å². The number of halogens is 1. The van der Waals surface area contributed by atoms with Crippen molar-refractivity contribution < 1.29 is 4.39 Å². The van der Waals surface area contributed by atoms with E-state index in [1.807, 2.05) is 6.07 Å². The zero-order valence-corrected chi connectivity index (χ0v) is 12.6. The van der Waals surface area contributed by atoms with Crippen LogP contribution in [0.5, 0.6) is 0 Å². The lowest BCUT2D eigenvalue weighted by Gasteiger charge is -2.11. The van der Waals surface area contributed by atoms with E-state index in [-0.39, 0.29) is 5.82 Å². The third kappa shape index (κ3) is 2.65. The van der Waals surface area contributed by atoms with Gasteiger partial charge in [-0.25, -0.2) is 4.39 Å². The maximum Gasteiger partial charge on any atom is 0.126 e. The zero-order valence-electron chi connectivity index (χ0n) is 11.8. The lowest BCUT2D eigenvalue weighted by Crippen LogP contribution is -2.22. The molecule has 0 unspecified atom stereocenters. The molecule has 0 aliphatic carbocycles. The molecule has 1 aromatic heterocycles. The van der Waals surface area contributed by atoms with E-state index in [2.05, 4.69) is 16.7 Å². The number of anilines is 1. The summed E-state index contributed by atoms with van der Waals surface area (Å²) in [5.74, 6) is -0.190. The van der Waals surface area contributed by atoms with Crippen LogP contribution < -0.4 is 10.6 Å². The molecule has 2 N–H and O–H groups in total. The summed E-state index contributed by atoms with van der Waals surface area (Å²) in [5, 5.41) is 16.9. The molecular weight excluding hydrogens is 285 g/mol. The number of hydrogen-bond donors (Lipinski definition) is 2. The van der Waals surface area contributed by atoms with Gasteiger partial charge in [0.05, 0.1) is 5.56 Å². The van der Waals surface area contributed by atoms with E-state index in [0.717, 1.165) is 35.6 Å². The monoisotopic (exact) mass is 301 g/mol. The van der Waals surface area contributed by atoms with Gasteiger partial charge in [-0.05, 0) is 42.6 Å². The molecule has 0 fully saturated rings. The van der Waals surface area contributed by atoms with Crippen molar-refractivity contribution >= 4 is 16.3 Å². The van der Waals surface area contributed by atoms with Crippen molar-refractivity contribution in [3.8, 4) is 6.07 Å². The van der Waals surface area contributed by atoms with Crippen LogP contribution in [0, 0.1) is 24.1 Å². The zero-order chi connectivity index (χ0) is 14.8. The first-order valence-electron chi connectivity index (χ1n) is 6.94. The Bertz CT molecular complexity index is 715. The fraction of sp³-hybridized carbons (Fsp3) is 0.312. The first-order chi connectivity index (χ1) is 10.2. The lowest BCUT2D eigenvalue weighted by molar-refractivity contribution is 0.616. The van der Waals surface area contributed by atoms with Gasteiger partial charge in [0.15, 0.2) is 0 Å². The maximum atomic E-state index is 13.6. The summed E-state index contributed by atoms with van der Waals surface area (Å²) < 4.78 is 13.6. The molecule has 2 aromatic rings. The average molecular weight is 301 g/mol. The third-order valence-electron chi connectivity index (χ3n) is 3.86. The fourth-order valence-electron chi connectivity index (χ4n) is 2.60. The van der Waals surface area contributed by atoms with Crippen LogP contribution in [0.4, 0.5) is 9.39 Å². The van der Waals surface area contributed by atoms with Gasteiger partial charge >= 0.3 is 0 Å². The number of nitriles is 1. The molecule has 3 nitrogen and oxygen atoms in total. The van der Waals surface area contributed by atoms with Gasteiger partial charge in [-0.15, -0.1) is 11.3 Å². The lowest BCUT2D eigenvalue weighted by atomic mass is 10.0. The van der Waals surface area contributed by atoms with Crippen molar-refractivity contribution in [1.82, 2.24) is 5.32 Å². The van der Waals surface area contributed by atoms with Crippen molar-refractivity contribution in [3.63, 3.8) is 0 Å². The molecule has 3 rings (SSSR count). The van der Waals surface area contributed by atoms with E-state index in [4.69, 9.17) is 0 Å². The quantitative estimate of drug-likeness (QED) is 0.914. The van der Waals surface area contributed by atoms with E-state index < -0.39 is 0 Å². The first kappa shape index (κ1) is 14.1. The number of benzene rings is 1. The number of nitrogens with zero attached hydrogens (tertiary/aromatic N) is 1. The Morgan fingerprint density at radius 1 is 1.48 bits per heavy atom. The van der Waals surface area contributed by atoms with E-state index in [1.165, 1.54) is 16.5 Å². The van der Waals surface area contributed by atoms with Crippen molar-refractivity contribution in [1.29, 1.82) is 5.26 Å². The molecule has 0 amide bonds. The van der Waals surface area contributed by atoms with Gasteiger partial charge < -0.3 is 10.6 Å². The number of fused-ring (bicyclic) bond motifs is 1. The Labute approximate surface area is 127 Å². The molecule has 0 radical (unpaired) electrons. The Morgan fingerprint density at radius 2 is 2.33 bits per heavy atom. The van der Waals surface area contributed by atoms with Gasteiger partial charge in [-0.1, -0.05) is 12.1 Å². The van der Waals surface area contributed by atoms with Crippen molar-refractivity contribution in [3.05, 3.63) is 51.1 Å². The minimum Gasteiger partial charge on any atom is -0.372 e. The van der Waals surface area contributed by atoms with Crippen LogP contribution in [-0.2, 0) is 19.5 Å². The van der Waals surface area contributed by atoms with Crippen LogP contribution in [0.1, 0.15) is 27.1 Å². The van der Waals surface area contributed by atoms with Gasteiger partial charge in [0, 0.05) is 18.0 Å². The molecule has 5 heteroatoms. The summed E-state index contributed by atoms with van der Waals surface area (Å²) >= 11 is 1.63. The minimum absolute atomic E-state index is 0.190. The normalized spacial score (nSPS) is 13.6. The number of hydrogen-bond acceptors (Lipinski definition) is 4. The van der Waals surface area contributed by atoms with Crippen molar-refractivity contribution in [2.24, 2.45) is 0 Å². The third-order valence-corrected chi connectivity index (χ3v) is 5.05. The van der Waals surface area contributed by atoms with E-state index in [1.54, 1.807) is 24.3 Å².